The van der Waals surface area contributed by atoms with Crippen LogP contribution in [0.1, 0.15) is 49.9 Å². The van der Waals surface area contributed by atoms with Crippen LogP contribution in [0.2, 0.25) is 0 Å². The van der Waals surface area contributed by atoms with Crippen molar-refractivity contribution in [1.29, 1.82) is 0 Å². The smallest absolute Gasteiger partial charge is 0.137 e. The highest BCUT2D eigenvalue weighted by Crippen LogP contribution is 2.55. The second-order valence-corrected chi connectivity index (χ2v) is 22.4. The largest absolute Gasteiger partial charge is 0.456 e. The van der Waals surface area contributed by atoms with E-state index in [0.29, 0.717) is 0 Å². The fourth-order valence-electron chi connectivity index (χ4n) is 14.3. The normalized spacial score (nSPS) is 14.2. The Hall–Kier alpha value is -9.58. The average Bonchev–Trinajstić information content (AvgIpc) is 4.41. The molecule has 0 N–H and O–H groups in total. The number of aromatic nitrogens is 2. The Kier molecular flexibility index (Phi) is 8.36. The maximum atomic E-state index is 6.66. The van der Waals surface area contributed by atoms with E-state index < -0.39 is 0 Å². The summed E-state index contributed by atoms with van der Waals surface area (Å²) in [6, 6.07) is 85.7. The quantitative estimate of drug-likeness (QED) is 0.155. The van der Waals surface area contributed by atoms with E-state index in [1.54, 1.807) is 0 Å². The Balaban J connectivity index is 0.949. The molecule has 11 aromatic carbocycles. The van der Waals surface area contributed by atoms with Crippen LogP contribution in [-0.4, -0.2) is 8.80 Å². The summed E-state index contributed by atoms with van der Waals surface area (Å²) in [5.41, 5.74) is 25.7. The fraction of sp³-hybridized carbons (Fsp3) is 0.0833. The lowest BCUT2D eigenvalue weighted by Crippen LogP contribution is -2.16. The maximum Gasteiger partial charge on any atom is 0.137 e. The van der Waals surface area contributed by atoms with Gasteiger partial charge in [0.25, 0.3) is 0 Å². The van der Waals surface area contributed by atoms with Crippen molar-refractivity contribution >= 4 is 111 Å². The summed E-state index contributed by atoms with van der Waals surface area (Å²) in [5.74, 6) is 0. The van der Waals surface area contributed by atoms with E-state index >= 15 is 0 Å². The predicted octanol–water partition coefficient (Wildman–Crippen LogP) is 19.7. The molecule has 5 nitrogen and oxygen atoms in total. The summed E-state index contributed by atoms with van der Waals surface area (Å²) in [6.45, 7) is 9.48. The molecule has 0 unspecified atom stereocenters. The van der Waals surface area contributed by atoms with Crippen LogP contribution in [-0.2, 0) is 10.8 Å². The van der Waals surface area contributed by atoms with Gasteiger partial charge in [-0.1, -0.05) is 161 Å². The van der Waals surface area contributed by atoms with Crippen molar-refractivity contribution in [1.82, 2.24) is 8.80 Å². The lowest BCUT2D eigenvalue weighted by atomic mass is 9.82. The molecule has 0 saturated carbocycles. The van der Waals surface area contributed by atoms with Crippen molar-refractivity contribution in [2.75, 3.05) is 9.80 Å². The van der Waals surface area contributed by atoms with Crippen molar-refractivity contribution in [3.63, 3.8) is 0 Å². The molecule has 17 rings (SSSR count). The molecule has 0 atom stereocenters. The summed E-state index contributed by atoms with van der Waals surface area (Å²) in [6.07, 6.45) is 0. The van der Waals surface area contributed by atoms with Gasteiger partial charge >= 0.3 is 0 Å². The molecule has 364 valence electrons. The lowest BCUT2D eigenvalue weighted by Gasteiger charge is -2.29. The van der Waals surface area contributed by atoms with Gasteiger partial charge in [0.15, 0.2) is 0 Å². The molecule has 0 amide bonds. The van der Waals surface area contributed by atoms with Gasteiger partial charge in [-0.05, 0) is 136 Å². The number of nitrogens with zero attached hydrogens (tertiary/aromatic N) is 4. The minimum atomic E-state index is -0.186. The molecule has 0 saturated heterocycles. The van der Waals surface area contributed by atoms with Crippen molar-refractivity contribution in [2.24, 2.45) is 0 Å². The Morgan fingerprint density at radius 3 is 1.31 bits per heavy atom. The summed E-state index contributed by atoms with van der Waals surface area (Å²) >= 11 is 0. The van der Waals surface area contributed by atoms with Crippen LogP contribution in [0.25, 0.3) is 98.8 Å². The van der Waals surface area contributed by atoms with E-state index in [9.17, 15) is 0 Å². The lowest BCUT2D eigenvalue weighted by molar-refractivity contribution is 0.660. The zero-order chi connectivity index (χ0) is 51.1. The first-order chi connectivity index (χ1) is 37.7. The molecular weight excluding hydrogens is 937 g/mol. The molecule has 0 spiro atoms. The molecule has 2 aliphatic rings. The number of anilines is 6. The zero-order valence-corrected chi connectivity index (χ0v) is 43.1. The van der Waals surface area contributed by atoms with Gasteiger partial charge in [-0.25, -0.2) is 0 Å². The molecule has 0 fully saturated rings. The standard InChI is InChI=1S/C72H50N4O/c1-71(2)55-25-13-8-20-47(55)49-33-30-44(40-57(49)71)73(43-18-6-5-7-19-43)61-36-38-63-69-67(61)53-23-10-15-27-59(53)75(69)64-39-37-62(68-54-24-11-16-28-60(54)76(63)70(64)68)74(46-32-35-52-51-22-12-17-29-65(51)77-66(52)42-46)45-31-34-50-48-21-9-14-26-56(48)72(3,4)58(50)41-45/h5-42H,1-4H3. The van der Waals surface area contributed by atoms with E-state index in [2.05, 4.69) is 271 Å². The number of hydrogen-bond acceptors (Lipinski definition) is 3. The SMILES string of the molecule is CC1(C)c2ccccc2-c2ccc(N(c3ccccc3)c3ccc4c5c3c3ccccc3n5c3ccc(N(c5ccc6c(c5)C(C)(C)c5ccccc5-6)c5ccc6c(c5)oc5ccccc56)c5c6ccccc6n4c53)cc21. The molecule has 15 aromatic rings. The Labute approximate surface area is 445 Å². The first-order valence-electron chi connectivity index (χ1n) is 26.9. The number of rotatable bonds is 6. The zero-order valence-electron chi connectivity index (χ0n) is 43.1. The van der Waals surface area contributed by atoms with Gasteiger partial charge in [0.2, 0.25) is 0 Å². The average molecular weight is 987 g/mol. The maximum absolute atomic E-state index is 6.66. The van der Waals surface area contributed by atoms with Crippen LogP contribution in [0.15, 0.2) is 235 Å². The van der Waals surface area contributed by atoms with E-state index in [4.69, 9.17) is 4.42 Å². The van der Waals surface area contributed by atoms with Gasteiger partial charge < -0.3 is 23.0 Å². The highest BCUT2D eigenvalue weighted by Gasteiger charge is 2.38. The van der Waals surface area contributed by atoms with Crippen molar-refractivity contribution < 1.29 is 4.42 Å². The predicted molar refractivity (Wildman–Crippen MR) is 321 cm³/mol. The minimum absolute atomic E-state index is 0.150. The van der Waals surface area contributed by atoms with E-state index in [0.717, 1.165) is 67.1 Å². The highest BCUT2D eigenvalue weighted by atomic mass is 16.3. The van der Waals surface area contributed by atoms with Gasteiger partial charge in [-0.2, -0.15) is 0 Å². The van der Waals surface area contributed by atoms with Crippen molar-refractivity contribution in [3.05, 3.63) is 253 Å². The van der Waals surface area contributed by atoms with E-state index in [-0.39, 0.29) is 10.8 Å². The second kappa shape index (κ2) is 15.1. The minimum Gasteiger partial charge on any atom is -0.456 e. The van der Waals surface area contributed by atoms with Crippen LogP contribution in [0, 0.1) is 0 Å². The molecule has 4 heterocycles. The van der Waals surface area contributed by atoms with Crippen molar-refractivity contribution in [3.8, 4) is 22.3 Å². The molecular formula is C72H50N4O. The number of furan rings is 1. The van der Waals surface area contributed by atoms with Gasteiger partial charge in [-0.3, -0.25) is 0 Å². The molecule has 4 aromatic heterocycles. The third-order valence-corrected chi connectivity index (χ3v) is 17.8. The molecule has 0 radical (unpaired) electrons. The summed E-state index contributed by atoms with van der Waals surface area (Å²) < 4.78 is 11.8. The second-order valence-electron chi connectivity index (χ2n) is 22.4. The van der Waals surface area contributed by atoms with Crippen molar-refractivity contribution in [2.45, 2.75) is 38.5 Å². The molecule has 77 heavy (non-hydrogen) atoms. The van der Waals surface area contributed by atoms with E-state index in [1.807, 2.05) is 6.07 Å². The molecule has 0 aliphatic heterocycles. The number of fused-ring (bicyclic) bond motifs is 17. The fourth-order valence-corrected chi connectivity index (χ4v) is 14.3. The van der Waals surface area contributed by atoms with Crippen LogP contribution in [0.4, 0.5) is 34.1 Å². The van der Waals surface area contributed by atoms with Crippen LogP contribution >= 0.6 is 0 Å². The van der Waals surface area contributed by atoms with E-state index in [1.165, 1.54) is 88.1 Å². The third kappa shape index (κ3) is 5.57. The molecule has 0 bridgehead atoms. The summed E-state index contributed by atoms with van der Waals surface area (Å²) in [4.78, 5) is 4.97. The first-order valence-corrected chi connectivity index (χ1v) is 26.9. The van der Waals surface area contributed by atoms with Crippen LogP contribution < -0.4 is 9.80 Å². The van der Waals surface area contributed by atoms with Gasteiger partial charge in [0.05, 0.1) is 44.5 Å². The van der Waals surface area contributed by atoms with Gasteiger partial charge in [0.1, 0.15) is 11.2 Å². The Bertz CT molecular complexity index is 5010. The number of benzene rings is 11. The van der Waals surface area contributed by atoms with Gasteiger partial charge in [0, 0.05) is 72.0 Å². The Morgan fingerprint density at radius 2 is 0.740 bits per heavy atom. The summed E-state index contributed by atoms with van der Waals surface area (Å²) in [7, 11) is 0. The van der Waals surface area contributed by atoms with Crippen LogP contribution in [0.3, 0.4) is 0 Å². The molecule has 5 heteroatoms. The number of para-hydroxylation sites is 4. The monoisotopic (exact) mass is 986 g/mol. The van der Waals surface area contributed by atoms with Crippen LogP contribution in [0.5, 0.6) is 0 Å². The Morgan fingerprint density at radius 1 is 0.312 bits per heavy atom. The summed E-state index contributed by atoms with van der Waals surface area (Å²) in [5, 5.41) is 7.05. The third-order valence-electron chi connectivity index (χ3n) is 17.8. The molecule has 2 aliphatic carbocycles. The highest BCUT2D eigenvalue weighted by molar-refractivity contribution is 6.27. The first kappa shape index (κ1) is 42.7. The van der Waals surface area contributed by atoms with Gasteiger partial charge in [-0.15, -0.1) is 0 Å². The number of hydrogen-bond donors (Lipinski definition) is 0. The topological polar surface area (TPSA) is 28.4 Å².